The quantitative estimate of drug-likeness (QED) is 0.795. The summed E-state index contributed by atoms with van der Waals surface area (Å²) in [5.41, 5.74) is 0. The Morgan fingerprint density at radius 3 is 2.72 bits per heavy atom. The molecule has 18 heavy (non-hydrogen) atoms. The highest BCUT2D eigenvalue weighted by Crippen LogP contribution is 2.31. The molecule has 2 unspecified atom stereocenters. The smallest absolute Gasteiger partial charge is 0.118 e. The van der Waals surface area contributed by atoms with Crippen LogP contribution in [0.1, 0.15) is 25.7 Å². The first kappa shape index (κ1) is 13.8. The Hall–Kier alpha value is -0.670. The lowest BCUT2D eigenvalue weighted by Gasteiger charge is -2.18. The molecule has 0 amide bonds. The second-order valence-corrected chi connectivity index (χ2v) is 6.07. The summed E-state index contributed by atoms with van der Waals surface area (Å²) in [6.45, 7) is 0. The second-order valence-electron chi connectivity index (χ2n) is 4.90. The molecule has 1 aliphatic rings. The minimum Gasteiger partial charge on any atom is -0.497 e. The lowest BCUT2D eigenvalue weighted by Crippen LogP contribution is -2.29. The van der Waals surface area contributed by atoms with Gasteiger partial charge in [-0.15, -0.1) is 11.8 Å². The van der Waals surface area contributed by atoms with Crippen LogP contribution in [0, 0.1) is 5.92 Å². The number of nitrogens with one attached hydrogen (secondary N) is 1. The number of ether oxygens (including phenoxy) is 1. The Bertz CT molecular complexity index is 352. The van der Waals surface area contributed by atoms with E-state index in [0.29, 0.717) is 0 Å². The van der Waals surface area contributed by atoms with Crippen molar-refractivity contribution in [2.45, 2.75) is 36.6 Å². The Kier molecular flexibility index (Phi) is 5.39. The van der Waals surface area contributed by atoms with Gasteiger partial charge in [-0.25, -0.2) is 0 Å². The zero-order valence-corrected chi connectivity index (χ0v) is 12.1. The lowest BCUT2D eigenvalue weighted by atomic mass is 10.0. The van der Waals surface area contributed by atoms with Crippen molar-refractivity contribution in [3.8, 4) is 5.75 Å². The molecule has 1 fully saturated rings. The van der Waals surface area contributed by atoms with E-state index < -0.39 is 0 Å². The number of thioether (sulfide) groups is 1. The van der Waals surface area contributed by atoms with Crippen LogP contribution in [-0.2, 0) is 0 Å². The maximum absolute atomic E-state index is 5.17. The molecule has 0 aliphatic heterocycles. The van der Waals surface area contributed by atoms with E-state index >= 15 is 0 Å². The third-order valence-electron chi connectivity index (χ3n) is 3.85. The Labute approximate surface area is 114 Å². The first-order valence-corrected chi connectivity index (χ1v) is 7.76. The Balaban J connectivity index is 1.74. The van der Waals surface area contributed by atoms with Crippen molar-refractivity contribution >= 4 is 11.8 Å². The number of rotatable bonds is 6. The summed E-state index contributed by atoms with van der Waals surface area (Å²) in [5, 5.41) is 3.45. The highest BCUT2D eigenvalue weighted by molar-refractivity contribution is 7.99. The summed E-state index contributed by atoms with van der Waals surface area (Å²) in [5.74, 6) is 3.03. The van der Waals surface area contributed by atoms with Crippen molar-refractivity contribution in [1.82, 2.24) is 5.32 Å². The lowest BCUT2D eigenvalue weighted by molar-refractivity contribution is 0.414. The SMILES string of the molecule is CNC1CCCC1CCSc1ccc(OC)cc1. The van der Waals surface area contributed by atoms with Crippen LogP contribution in [0.2, 0.25) is 0 Å². The number of benzene rings is 1. The molecule has 3 heteroatoms. The van der Waals surface area contributed by atoms with Crippen LogP contribution >= 0.6 is 11.8 Å². The monoisotopic (exact) mass is 265 g/mol. The predicted molar refractivity (Wildman–Crippen MR) is 78.5 cm³/mol. The van der Waals surface area contributed by atoms with E-state index in [-0.39, 0.29) is 0 Å². The van der Waals surface area contributed by atoms with Crippen molar-refractivity contribution in [3.63, 3.8) is 0 Å². The molecule has 1 aromatic carbocycles. The molecule has 2 atom stereocenters. The highest BCUT2D eigenvalue weighted by atomic mass is 32.2. The van der Waals surface area contributed by atoms with Gasteiger partial charge in [0.2, 0.25) is 0 Å². The van der Waals surface area contributed by atoms with Gasteiger partial charge in [-0.3, -0.25) is 0 Å². The standard InChI is InChI=1S/C15H23NOS/c1-16-15-5-3-4-12(15)10-11-18-14-8-6-13(17-2)7-9-14/h6-9,12,15-16H,3-5,10-11H2,1-2H3. The summed E-state index contributed by atoms with van der Waals surface area (Å²) in [6, 6.07) is 9.12. The number of hydrogen-bond acceptors (Lipinski definition) is 3. The molecular formula is C15H23NOS. The maximum Gasteiger partial charge on any atom is 0.118 e. The Morgan fingerprint density at radius 1 is 1.28 bits per heavy atom. The normalized spacial score (nSPS) is 23.2. The average Bonchev–Trinajstić information content (AvgIpc) is 2.87. The third-order valence-corrected chi connectivity index (χ3v) is 4.89. The fourth-order valence-electron chi connectivity index (χ4n) is 2.76. The fraction of sp³-hybridized carbons (Fsp3) is 0.600. The molecule has 0 radical (unpaired) electrons. The Morgan fingerprint density at radius 2 is 2.06 bits per heavy atom. The first-order chi connectivity index (χ1) is 8.83. The van der Waals surface area contributed by atoms with Crippen molar-refractivity contribution in [2.75, 3.05) is 19.9 Å². The van der Waals surface area contributed by atoms with Gasteiger partial charge in [-0.05, 0) is 62.2 Å². The van der Waals surface area contributed by atoms with Gasteiger partial charge in [0.15, 0.2) is 0 Å². The van der Waals surface area contributed by atoms with E-state index in [9.17, 15) is 0 Å². The van der Waals surface area contributed by atoms with E-state index in [2.05, 4.69) is 24.5 Å². The van der Waals surface area contributed by atoms with Crippen LogP contribution < -0.4 is 10.1 Å². The minimum atomic E-state index is 0.751. The van der Waals surface area contributed by atoms with Gasteiger partial charge in [0.1, 0.15) is 5.75 Å². The molecule has 0 spiro atoms. The van der Waals surface area contributed by atoms with Crippen LogP contribution in [0.5, 0.6) is 5.75 Å². The summed E-state index contributed by atoms with van der Waals surface area (Å²) in [6.07, 6.45) is 5.47. The van der Waals surface area contributed by atoms with Crippen LogP contribution in [0.15, 0.2) is 29.2 Å². The van der Waals surface area contributed by atoms with E-state index in [1.54, 1.807) is 7.11 Å². The van der Waals surface area contributed by atoms with Crippen LogP contribution in [0.3, 0.4) is 0 Å². The summed E-state index contributed by atoms with van der Waals surface area (Å²) in [7, 11) is 3.81. The summed E-state index contributed by atoms with van der Waals surface area (Å²) in [4.78, 5) is 1.34. The van der Waals surface area contributed by atoms with E-state index in [0.717, 1.165) is 17.7 Å². The fourth-order valence-corrected chi connectivity index (χ4v) is 3.75. The molecule has 0 saturated heterocycles. The second kappa shape index (κ2) is 7.05. The molecule has 0 aromatic heterocycles. The molecule has 0 bridgehead atoms. The van der Waals surface area contributed by atoms with Gasteiger partial charge in [-0.1, -0.05) is 6.42 Å². The van der Waals surface area contributed by atoms with Gasteiger partial charge < -0.3 is 10.1 Å². The molecule has 1 saturated carbocycles. The number of hydrogen-bond donors (Lipinski definition) is 1. The molecule has 2 rings (SSSR count). The zero-order chi connectivity index (χ0) is 12.8. The van der Waals surface area contributed by atoms with Crippen molar-refractivity contribution < 1.29 is 4.74 Å². The van der Waals surface area contributed by atoms with Gasteiger partial charge >= 0.3 is 0 Å². The topological polar surface area (TPSA) is 21.3 Å². The van der Waals surface area contributed by atoms with Crippen LogP contribution in [-0.4, -0.2) is 26.0 Å². The van der Waals surface area contributed by atoms with Crippen LogP contribution in [0.4, 0.5) is 0 Å². The molecule has 1 aliphatic carbocycles. The van der Waals surface area contributed by atoms with Crippen molar-refractivity contribution in [2.24, 2.45) is 5.92 Å². The third kappa shape index (κ3) is 3.66. The molecular weight excluding hydrogens is 242 g/mol. The predicted octanol–water partition coefficient (Wildman–Crippen LogP) is 3.57. The largest absolute Gasteiger partial charge is 0.497 e. The summed E-state index contributed by atoms with van der Waals surface area (Å²) >= 11 is 1.96. The van der Waals surface area contributed by atoms with Gasteiger partial charge in [0.05, 0.1) is 7.11 Å². The first-order valence-electron chi connectivity index (χ1n) is 6.77. The zero-order valence-electron chi connectivity index (χ0n) is 11.3. The van der Waals surface area contributed by atoms with Gasteiger partial charge in [0, 0.05) is 10.9 Å². The van der Waals surface area contributed by atoms with E-state index in [1.807, 2.05) is 23.9 Å². The van der Waals surface area contributed by atoms with E-state index in [1.165, 1.54) is 36.3 Å². The maximum atomic E-state index is 5.17. The van der Waals surface area contributed by atoms with Crippen molar-refractivity contribution in [3.05, 3.63) is 24.3 Å². The highest BCUT2D eigenvalue weighted by Gasteiger charge is 2.24. The number of methoxy groups -OCH3 is 1. The molecule has 0 heterocycles. The van der Waals surface area contributed by atoms with Gasteiger partial charge in [-0.2, -0.15) is 0 Å². The van der Waals surface area contributed by atoms with Gasteiger partial charge in [0.25, 0.3) is 0 Å². The van der Waals surface area contributed by atoms with E-state index in [4.69, 9.17) is 4.74 Å². The molecule has 1 aromatic rings. The molecule has 1 N–H and O–H groups in total. The summed E-state index contributed by atoms with van der Waals surface area (Å²) < 4.78 is 5.17. The average molecular weight is 265 g/mol. The van der Waals surface area contributed by atoms with Crippen LogP contribution in [0.25, 0.3) is 0 Å². The minimum absolute atomic E-state index is 0.751. The molecule has 2 nitrogen and oxygen atoms in total. The molecule has 100 valence electrons. The van der Waals surface area contributed by atoms with Crippen molar-refractivity contribution in [1.29, 1.82) is 0 Å².